The van der Waals surface area contributed by atoms with Gasteiger partial charge in [-0.15, -0.1) is 0 Å². The Balaban J connectivity index is 1.63. The summed E-state index contributed by atoms with van der Waals surface area (Å²) in [6.07, 6.45) is 0. The average Bonchev–Trinajstić information content (AvgIpc) is 2.71. The molecule has 0 aliphatic rings. The quantitative estimate of drug-likeness (QED) is 0.684. The Kier molecular flexibility index (Phi) is 5.81. The van der Waals surface area contributed by atoms with E-state index in [1.807, 2.05) is 67.6 Å². The number of carbonyl (C=O) groups excluding carboxylic acids is 1. The van der Waals surface area contributed by atoms with Crippen molar-refractivity contribution in [2.45, 2.75) is 13.0 Å². The van der Waals surface area contributed by atoms with E-state index in [1.165, 1.54) is 0 Å². The predicted molar refractivity (Wildman–Crippen MR) is 106 cm³/mol. The molecule has 0 unspecified atom stereocenters. The third kappa shape index (κ3) is 4.31. The van der Waals surface area contributed by atoms with Crippen molar-refractivity contribution in [2.24, 2.45) is 0 Å². The van der Waals surface area contributed by atoms with E-state index in [-0.39, 0.29) is 18.6 Å². The van der Waals surface area contributed by atoms with E-state index >= 15 is 0 Å². The van der Waals surface area contributed by atoms with E-state index in [0.29, 0.717) is 17.2 Å². The van der Waals surface area contributed by atoms with Crippen LogP contribution in [0, 0.1) is 0 Å². The second-order valence-electron chi connectivity index (χ2n) is 6.17. The molecular weight excluding hydrogens is 342 g/mol. The minimum absolute atomic E-state index is 0.0500. The van der Waals surface area contributed by atoms with Crippen LogP contribution in [0.4, 0.5) is 0 Å². The van der Waals surface area contributed by atoms with Gasteiger partial charge in [-0.25, -0.2) is 0 Å². The Morgan fingerprint density at radius 3 is 2.44 bits per heavy atom. The molecule has 1 atom stereocenters. The van der Waals surface area contributed by atoms with Gasteiger partial charge in [0.25, 0.3) is 5.91 Å². The molecule has 3 rings (SSSR count). The largest absolute Gasteiger partial charge is 0.493 e. The van der Waals surface area contributed by atoms with Crippen LogP contribution in [0.25, 0.3) is 10.8 Å². The summed E-state index contributed by atoms with van der Waals surface area (Å²) in [6, 6.07) is 19.1. The van der Waals surface area contributed by atoms with Crippen LogP contribution >= 0.6 is 0 Å². The van der Waals surface area contributed by atoms with Gasteiger partial charge < -0.3 is 19.5 Å². The molecule has 0 aromatic heterocycles. The van der Waals surface area contributed by atoms with Crippen molar-refractivity contribution in [3.63, 3.8) is 0 Å². The van der Waals surface area contributed by atoms with Crippen molar-refractivity contribution >= 4 is 16.7 Å². The topological polar surface area (TPSA) is 56.8 Å². The molecule has 0 bridgehead atoms. The summed E-state index contributed by atoms with van der Waals surface area (Å²) in [4.78, 5) is 12.3. The molecule has 1 N–H and O–H groups in total. The molecule has 1 amide bonds. The predicted octanol–water partition coefficient (Wildman–Crippen LogP) is 4.11. The second kappa shape index (κ2) is 8.45. The molecule has 0 radical (unpaired) electrons. The number of benzene rings is 3. The van der Waals surface area contributed by atoms with Gasteiger partial charge in [-0.1, -0.05) is 42.5 Å². The number of carbonyl (C=O) groups is 1. The molecule has 0 saturated carbocycles. The minimum atomic E-state index is -0.190. The van der Waals surface area contributed by atoms with Crippen LogP contribution < -0.4 is 19.5 Å². The molecule has 27 heavy (non-hydrogen) atoms. The fourth-order valence-corrected chi connectivity index (χ4v) is 2.95. The molecule has 5 nitrogen and oxygen atoms in total. The highest BCUT2D eigenvalue weighted by molar-refractivity contribution is 5.88. The van der Waals surface area contributed by atoms with Crippen LogP contribution in [0.15, 0.2) is 60.7 Å². The van der Waals surface area contributed by atoms with Gasteiger partial charge in [-0.3, -0.25) is 4.79 Å². The van der Waals surface area contributed by atoms with Crippen molar-refractivity contribution in [3.8, 4) is 17.2 Å². The lowest BCUT2D eigenvalue weighted by Crippen LogP contribution is -2.31. The second-order valence-corrected chi connectivity index (χ2v) is 6.17. The summed E-state index contributed by atoms with van der Waals surface area (Å²) in [7, 11) is 3.18. The Morgan fingerprint density at radius 1 is 0.926 bits per heavy atom. The lowest BCUT2D eigenvalue weighted by molar-refractivity contribution is -0.123. The zero-order chi connectivity index (χ0) is 19.2. The lowest BCUT2D eigenvalue weighted by Gasteiger charge is -2.17. The number of rotatable bonds is 7. The van der Waals surface area contributed by atoms with Crippen LogP contribution in [-0.2, 0) is 4.79 Å². The van der Waals surface area contributed by atoms with Crippen molar-refractivity contribution < 1.29 is 19.0 Å². The average molecular weight is 365 g/mol. The van der Waals surface area contributed by atoms with Crippen LogP contribution in [0.3, 0.4) is 0 Å². The third-order valence-corrected chi connectivity index (χ3v) is 4.39. The Bertz CT molecular complexity index is 933. The van der Waals surface area contributed by atoms with Crippen LogP contribution in [-0.4, -0.2) is 26.7 Å². The van der Waals surface area contributed by atoms with E-state index < -0.39 is 0 Å². The molecule has 3 aromatic carbocycles. The first-order chi connectivity index (χ1) is 13.1. The van der Waals surface area contributed by atoms with Crippen molar-refractivity contribution in [1.29, 1.82) is 0 Å². The fraction of sp³-hybridized carbons (Fsp3) is 0.227. The molecule has 0 heterocycles. The highest BCUT2D eigenvalue weighted by Crippen LogP contribution is 2.30. The number of nitrogens with one attached hydrogen (secondary N) is 1. The van der Waals surface area contributed by atoms with Gasteiger partial charge in [-0.2, -0.15) is 0 Å². The normalized spacial score (nSPS) is 11.7. The molecule has 0 fully saturated rings. The van der Waals surface area contributed by atoms with Gasteiger partial charge in [-0.05, 0) is 36.1 Å². The maximum atomic E-state index is 12.3. The lowest BCUT2D eigenvalue weighted by atomic mass is 10.1. The summed E-state index contributed by atoms with van der Waals surface area (Å²) < 4.78 is 16.3. The summed E-state index contributed by atoms with van der Waals surface area (Å²) in [5.74, 6) is 1.79. The van der Waals surface area contributed by atoms with Gasteiger partial charge >= 0.3 is 0 Å². The van der Waals surface area contributed by atoms with Gasteiger partial charge in [0.15, 0.2) is 18.1 Å². The number of ether oxygens (including phenoxy) is 3. The van der Waals surface area contributed by atoms with Gasteiger partial charge in [0.1, 0.15) is 5.75 Å². The number of methoxy groups -OCH3 is 2. The standard InChI is InChI=1S/C22H23NO4/c1-15(17-11-12-20(25-2)21(13-17)26-3)23-22(24)14-27-19-10-6-8-16-7-4-5-9-18(16)19/h4-13,15H,14H2,1-3H3,(H,23,24)/t15-/m1/s1. The Hall–Kier alpha value is -3.21. The first kappa shape index (κ1) is 18.6. The SMILES string of the molecule is COc1ccc([C@@H](C)NC(=O)COc2cccc3ccccc23)cc1OC. The molecule has 140 valence electrons. The molecule has 0 aliphatic carbocycles. The van der Waals surface area contributed by atoms with Crippen molar-refractivity contribution in [3.05, 3.63) is 66.2 Å². The van der Waals surface area contributed by atoms with Crippen LogP contribution in [0.2, 0.25) is 0 Å². The Morgan fingerprint density at radius 2 is 1.67 bits per heavy atom. The molecular formula is C22H23NO4. The van der Waals surface area contributed by atoms with E-state index in [4.69, 9.17) is 14.2 Å². The third-order valence-electron chi connectivity index (χ3n) is 4.39. The molecule has 0 spiro atoms. The highest BCUT2D eigenvalue weighted by Gasteiger charge is 2.13. The Labute approximate surface area is 158 Å². The fourth-order valence-electron chi connectivity index (χ4n) is 2.95. The maximum Gasteiger partial charge on any atom is 0.258 e. The molecule has 3 aromatic rings. The molecule has 5 heteroatoms. The first-order valence-electron chi connectivity index (χ1n) is 8.74. The molecule has 0 aliphatic heterocycles. The number of fused-ring (bicyclic) bond motifs is 1. The zero-order valence-electron chi connectivity index (χ0n) is 15.7. The smallest absolute Gasteiger partial charge is 0.258 e. The highest BCUT2D eigenvalue weighted by atomic mass is 16.5. The van der Waals surface area contributed by atoms with Gasteiger partial charge in [0, 0.05) is 5.39 Å². The summed E-state index contributed by atoms with van der Waals surface area (Å²) in [5, 5.41) is 5.01. The molecule has 0 saturated heterocycles. The number of amides is 1. The monoisotopic (exact) mass is 365 g/mol. The van der Waals surface area contributed by atoms with E-state index in [1.54, 1.807) is 14.2 Å². The van der Waals surface area contributed by atoms with E-state index in [0.717, 1.165) is 16.3 Å². The minimum Gasteiger partial charge on any atom is -0.493 e. The first-order valence-corrected chi connectivity index (χ1v) is 8.74. The van der Waals surface area contributed by atoms with Crippen LogP contribution in [0.5, 0.6) is 17.2 Å². The van der Waals surface area contributed by atoms with Gasteiger partial charge in [0.2, 0.25) is 0 Å². The van der Waals surface area contributed by atoms with Crippen molar-refractivity contribution in [1.82, 2.24) is 5.32 Å². The van der Waals surface area contributed by atoms with Gasteiger partial charge in [0.05, 0.1) is 20.3 Å². The van der Waals surface area contributed by atoms with E-state index in [9.17, 15) is 4.79 Å². The number of hydrogen-bond donors (Lipinski definition) is 1. The van der Waals surface area contributed by atoms with E-state index in [2.05, 4.69) is 5.32 Å². The summed E-state index contributed by atoms with van der Waals surface area (Å²) in [5.41, 5.74) is 0.922. The van der Waals surface area contributed by atoms with Crippen LogP contribution in [0.1, 0.15) is 18.5 Å². The van der Waals surface area contributed by atoms with Crippen molar-refractivity contribution in [2.75, 3.05) is 20.8 Å². The number of hydrogen-bond acceptors (Lipinski definition) is 4. The maximum absolute atomic E-state index is 12.3. The summed E-state index contributed by atoms with van der Waals surface area (Å²) in [6.45, 7) is 1.86. The summed E-state index contributed by atoms with van der Waals surface area (Å²) >= 11 is 0. The zero-order valence-corrected chi connectivity index (χ0v) is 15.7.